The molecule has 0 aromatic carbocycles. The predicted molar refractivity (Wildman–Crippen MR) is 56.9 cm³/mol. The molecule has 2 N–H and O–H groups in total. The molecule has 15 heavy (non-hydrogen) atoms. The highest BCUT2D eigenvalue weighted by Crippen LogP contribution is 2.03. The smallest absolute Gasteiger partial charge is 0.239 e. The number of hydrogen-bond acceptors (Lipinski definition) is 4. The zero-order valence-corrected chi connectivity index (χ0v) is 9.15. The molecular formula is C10H18N4O. The highest BCUT2D eigenvalue weighted by atomic mass is 16.2. The average Bonchev–Trinajstić information content (AvgIpc) is 2.26. The van der Waals surface area contributed by atoms with E-state index in [0.29, 0.717) is 6.42 Å². The minimum atomic E-state index is -0.407. The van der Waals surface area contributed by atoms with E-state index >= 15 is 0 Å². The molecule has 1 rings (SSSR count). The fourth-order valence-corrected chi connectivity index (χ4v) is 1.69. The number of carbonyl (C=O) groups excluding carboxylic acids is 1. The quantitative estimate of drug-likeness (QED) is 0.674. The van der Waals surface area contributed by atoms with Crippen LogP contribution in [0.25, 0.3) is 0 Å². The first-order valence-electron chi connectivity index (χ1n) is 5.29. The molecule has 0 spiro atoms. The summed E-state index contributed by atoms with van der Waals surface area (Å²) in [5.41, 5.74) is 5.53. The van der Waals surface area contributed by atoms with E-state index in [9.17, 15) is 4.79 Å². The molecule has 0 bridgehead atoms. The molecule has 1 aliphatic heterocycles. The molecule has 1 saturated heterocycles. The maximum atomic E-state index is 11.5. The van der Waals surface area contributed by atoms with E-state index in [4.69, 9.17) is 11.0 Å². The molecule has 5 nitrogen and oxygen atoms in total. The van der Waals surface area contributed by atoms with Crippen LogP contribution >= 0.6 is 0 Å². The summed E-state index contributed by atoms with van der Waals surface area (Å²) in [7, 11) is 0. The fourth-order valence-electron chi connectivity index (χ4n) is 1.69. The second-order valence-electron chi connectivity index (χ2n) is 3.86. The summed E-state index contributed by atoms with van der Waals surface area (Å²) in [4.78, 5) is 15.6. The average molecular weight is 210 g/mol. The maximum Gasteiger partial charge on any atom is 0.239 e. The van der Waals surface area contributed by atoms with E-state index in [1.54, 1.807) is 11.8 Å². The van der Waals surface area contributed by atoms with Gasteiger partial charge in [-0.2, -0.15) is 5.26 Å². The summed E-state index contributed by atoms with van der Waals surface area (Å²) in [6, 6.07) is 1.72. The topological polar surface area (TPSA) is 73.4 Å². The first kappa shape index (κ1) is 12.0. The van der Waals surface area contributed by atoms with E-state index in [1.165, 1.54) is 0 Å². The first-order valence-corrected chi connectivity index (χ1v) is 5.29. The van der Waals surface area contributed by atoms with Crippen LogP contribution in [0, 0.1) is 11.3 Å². The van der Waals surface area contributed by atoms with Gasteiger partial charge in [-0.1, -0.05) is 0 Å². The molecule has 0 aliphatic carbocycles. The molecule has 84 valence electrons. The van der Waals surface area contributed by atoms with Crippen molar-refractivity contribution < 1.29 is 4.79 Å². The Bertz CT molecular complexity index is 251. The molecule has 1 fully saturated rings. The second kappa shape index (κ2) is 5.69. The van der Waals surface area contributed by atoms with E-state index < -0.39 is 6.04 Å². The van der Waals surface area contributed by atoms with Gasteiger partial charge in [0.1, 0.15) is 0 Å². The Morgan fingerprint density at radius 3 is 2.53 bits per heavy atom. The van der Waals surface area contributed by atoms with Gasteiger partial charge in [0.05, 0.1) is 12.1 Å². The van der Waals surface area contributed by atoms with E-state index in [1.807, 2.05) is 0 Å². The highest BCUT2D eigenvalue weighted by Gasteiger charge is 2.22. The SMILES string of the molecule is C[C@H](N)C(=O)N1CCN(CCC#N)CC1. The molecular weight excluding hydrogens is 192 g/mol. The number of nitrogens with two attached hydrogens (primary N) is 1. The lowest BCUT2D eigenvalue weighted by atomic mass is 10.2. The molecule has 0 saturated carbocycles. The van der Waals surface area contributed by atoms with Gasteiger partial charge in [0.2, 0.25) is 5.91 Å². The van der Waals surface area contributed by atoms with E-state index in [2.05, 4.69) is 11.0 Å². The van der Waals surface area contributed by atoms with Gasteiger partial charge >= 0.3 is 0 Å². The number of carbonyl (C=O) groups is 1. The lowest BCUT2D eigenvalue weighted by Crippen LogP contribution is -2.52. The third-order valence-electron chi connectivity index (χ3n) is 2.61. The Kier molecular flexibility index (Phi) is 4.53. The van der Waals surface area contributed by atoms with E-state index in [0.717, 1.165) is 32.7 Å². The summed E-state index contributed by atoms with van der Waals surface area (Å²) in [5, 5.41) is 8.45. The van der Waals surface area contributed by atoms with Crippen LogP contribution in [0.4, 0.5) is 0 Å². The second-order valence-corrected chi connectivity index (χ2v) is 3.86. The van der Waals surface area contributed by atoms with Gasteiger partial charge in [-0.25, -0.2) is 0 Å². The van der Waals surface area contributed by atoms with Crippen LogP contribution < -0.4 is 5.73 Å². The van der Waals surface area contributed by atoms with Gasteiger partial charge in [-0.3, -0.25) is 9.69 Å². The predicted octanol–water partition coefficient (Wildman–Crippen LogP) is -0.609. The Labute approximate surface area is 90.4 Å². The lowest BCUT2D eigenvalue weighted by Gasteiger charge is -2.35. The van der Waals surface area contributed by atoms with Crippen molar-refractivity contribution >= 4 is 5.91 Å². The van der Waals surface area contributed by atoms with Gasteiger partial charge in [0.25, 0.3) is 0 Å². The normalized spacial score (nSPS) is 19.7. The number of hydrogen-bond donors (Lipinski definition) is 1. The number of nitriles is 1. The van der Waals surface area contributed by atoms with Crippen LogP contribution in [-0.2, 0) is 4.79 Å². The Hall–Kier alpha value is -1.12. The van der Waals surface area contributed by atoms with Crippen molar-refractivity contribution in [3.8, 4) is 6.07 Å². The Balaban J connectivity index is 2.30. The molecule has 0 radical (unpaired) electrons. The number of piperazine rings is 1. The number of rotatable bonds is 3. The van der Waals surface area contributed by atoms with Gasteiger partial charge in [-0.05, 0) is 6.92 Å². The molecule has 1 heterocycles. The highest BCUT2D eigenvalue weighted by molar-refractivity contribution is 5.81. The Morgan fingerprint density at radius 1 is 1.47 bits per heavy atom. The largest absolute Gasteiger partial charge is 0.339 e. The van der Waals surface area contributed by atoms with Crippen molar-refractivity contribution in [3.05, 3.63) is 0 Å². The first-order chi connectivity index (χ1) is 7.15. The molecule has 0 aromatic heterocycles. The monoisotopic (exact) mass is 210 g/mol. The van der Waals surface area contributed by atoms with Gasteiger partial charge in [0.15, 0.2) is 0 Å². The van der Waals surface area contributed by atoms with Crippen LogP contribution in [0.1, 0.15) is 13.3 Å². The molecule has 5 heteroatoms. The Morgan fingerprint density at radius 2 is 2.07 bits per heavy atom. The summed E-state index contributed by atoms with van der Waals surface area (Å²) in [6.07, 6.45) is 0.557. The summed E-state index contributed by atoms with van der Waals surface area (Å²) >= 11 is 0. The lowest BCUT2D eigenvalue weighted by molar-refractivity contribution is -0.133. The number of nitrogens with zero attached hydrogens (tertiary/aromatic N) is 3. The molecule has 1 aliphatic rings. The van der Waals surface area contributed by atoms with Crippen LogP contribution in [0.3, 0.4) is 0 Å². The maximum absolute atomic E-state index is 11.5. The van der Waals surface area contributed by atoms with Crippen LogP contribution in [0.2, 0.25) is 0 Å². The van der Waals surface area contributed by atoms with Crippen LogP contribution in [0.5, 0.6) is 0 Å². The minimum absolute atomic E-state index is 0.0231. The van der Waals surface area contributed by atoms with Gasteiger partial charge in [-0.15, -0.1) is 0 Å². The van der Waals surface area contributed by atoms with Crippen molar-refractivity contribution in [2.45, 2.75) is 19.4 Å². The van der Waals surface area contributed by atoms with Gasteiger partial charge in [0, 0.05) is 39.1 Å². The van der Waals surface area contributed by atoms with Crippen molar-refractivity contribution in [2.75, 3.05) is 32.7 Å². The minimum Gasteiger partial charge on any atom is -0.339 e. The zero-order chi connectivity index (χ0) is 11.3. The summed E-state index contributed by atoms with van der Waals surface area (Å²) in [5.74, 6) is 0.0231. The van der Waals surface area contributed by atoms with Crippen LogP contribution in [0.15, 0.2) is 0 Å². The van der Waals surface area contributed by atoms with Crippen molar-refractivity contribution in [1.82, 2.24) is 9.80 Å². The molecule has 1 atom stereocenters. The van der Waals surface area contributed by atoms with E-state index in [-0.39, 0.29) is 5.91 Å². The molecule has 1 amide bonds. The van der Waals surface area contributed by atoms with Crippen LogP contribution in [-0.4, -0.2) is 54.5 Å². The fraction of sp³-hybridized carbons (Fsp3) is 0.800. The van der Waals surface area contributed by atoms with Gasteiger partial charge < -0.3 is 10.6 Å². The summed E-state index contributed by atoms with van der Waals surface area (Å²) < 4.78 is 0. The standard InChI is InChI=1S/C10H18N4O/c1-9(12)10(15)14-7-5-13(6-8-14)4-2-3-11/h9H,2,4-8,12H2,1H3/t9-/m0/s1. The van der Waals surface area contributed by atoms with Crippen molar-refractivity contribution in [1.29, 1.82) is 5.26 Å². The zero-order valence-electron chi connectivity index (χ0n) is 9.15. The van der Waals surface area contributed by atoms with Crippen molar-refractivity contribution in [2.24, 2.45) is 5.73 Å². The summed E-state index contributed by atoms with van der Waals surface area (Å²) in [6.45, 7) is 5.67. The number of amides is 1. The van der Waals surface area contributed by atoms with Crippen molar-refractivity contribution in [3.63, 3.8) is 0 Å². The molecule has 0 aromatic rings. The third-order valence-corrected chi connectivity index (χ3v) is 2.61. The third kappa shape index (κ3) is 3.50. The molecule has 0 unspecified atom stereocenters.